The fourth-order valence-corrected chi connectivity index (χ4v) is 2.65. The van der Waals surface area contributed by atoms with Crippen LogP contribution in [0.4, 0.5) is 0 Å². The summed E-state index contributed by atoms with van der Waals surface area (Å²) in [4.78, 5) is 4.48. The zero-order chi connectivity index (χ0) is 12.9. The van der Waals surface area contributed by atoms with Crippen molar-refractivity contribution >= 4 is 10.9 Å². The van der Waals surface area contributed by atoms with E-state index in [0.717, 1.165) is 37.7 Å². The molecule has 1 aliphatic heterocycles. The molecule has 3 nitrogen and oxygen atoms in total. The van der Waals surface area contributed by atoms with Crippen LogP contribution in [0, 0.1) is 5.92 Å². The van der Waals surface area contributed by atoms with Crippen LogP contribution in [-0.2, 0) is 11.3 Å². The number of hydrogen-bond acceptors (Lipinski definition) is 3. The lowest BCUT2D eigenvalue weighted by atomic mass is 10.1. The highest BCUT2D eigenvalue weighted by Gasteiger charge is 2.14. The molecule has 1 N–H and O–H groups in total. The van der Waals surface area contributed by atoms with E-state index in [2.05, 4.69) is 34.6 Å². The Balaban J connectivity index is 1.56. The molecule has 100 valence electrons. The Bertz CT molecular complexity index is 530. The van der Waals surface area contributed by atoms with Crippen LogP contribution in [0.2, 0.25) is 0 Å². The van der Waals surface area contributed by atoms with E-state index in [1.54, 1.807) is 0 Å². The van der Waals surface area contributed by atoms with Gasteiger partial charge in [0.25, 0.3) is 0 Å². The number of nitrogens with one attached hydrogen (secondary N) is 1. The molecule has 0 saturated carbocycles. The molecule has 0 amide bonds. The van der Waals surface area contributed by atoms with Gasteiger partial charge in [0.05, 0.1) is 5.52 Å². The second-order valence-electron chi connectivity index (χ2n) is 5.19. The number of nitrogens with zero attached hydrogens (tertiary/aromatic N) is 1. The monoisotopic (exact) mass is 256 g/mol. The van der Waals surface area contributed by atoms with Gasteiger partial charge in [0.15, 0.2) is 0 Å². The molecule has 0 aliphatic carbocycles. The van der Waals surface area contributed by atoms with Gasteiger partial charge in [0.1, 0.15) is 0 Å². The topological polar surface area (TPSA) is 34.2 Å². The first-order valence-electron chi connectivity index (χ1n) is 7.04. The molecule has 1 aromatic carbocycles. The van der Waals surface area contributed by atoms with E-state index in [9.17, 15) is 0 Å². The standard InChI is InChI=1S/C16H20N2O/c1-3-14-5-2-8-18-16(14)15(4-1)11-17-9-6-13-7-10-19-12-13/h1-5,8,13,17H,6-7,9-12H2. The third-order valence-electron chi connectivity index (χ3n) is 3.79. The minimum Gasteiger partial charge on any atom is -0.381 e. The van der Waals surface area contributed by atoms with E-state index >= 15 is 0 Å². The van der Waals surface area contributed by atoms with Gasteiger partial charge in [-0.1, -0.05) is 24.3 Å². The first kappa shape index (κ1) is 12.6. The number of ether oxygens (including phenoxy) is 1. The average molecular weight is 256 g/mol. The molecule has 2 aromatic rings. The number of benzene rings is 1. The molecule has 1 aromatic heterocycles. The van der Waals surface area contributed by atoms with Crippen molar-refractivity contribution in [3.05, 3.63) is 42.1 Å². The molecule has 3 heteroatoms. The van der Waals surface area contributed by atoms with Crippen molar-refractivity contribution in [3.63, 3.8) is 0 Å². The maximum Gasteiger partial charge on any atom is 0.0746 e. The van der Waals surface area contributed by atoms with Gasteiger partial charge in [-0.05, 0) is 36.9 Å². The van der Waals surface area contributed by atoms with Crippen molar-refractivity contribution in [3.8, 4) is 0 Å². The Labute approximate surface area is 114 Å². The van der Waals surface area contributed by atoms with Gasteiger partial charge in [-0.2, -0.15) is 0 Å². The molecule has 1 unspecified atom stereocenters. The first-order valence-corrected chi connectivity index (χ1v) is 7.04. The third kappa shape index (κ3) is 3.11. The van der Waals surface area contributed by atoms with E-state index in [4.69, 9.17) is 4.74 Å². The van der Waals surface area contributed by atoms with E-state index < -0.39 is 0 Å². The smallest absolute Gasteiger partial charge is 0.0746 e. The highest BCUT2D eigenvalue weighted by atomic mass is 16.5. The fourth-order valence-electron chi connectivity index (χ4n) is 2.65. The molecule has 1 saturated heterocycles. The molecule has 19 heavy (non-hydrogen) atoms. The van der Waals surface area contributed by atoms with Crippen LogP contribution in [0.5, 0.6) is 0 Å². The summed E-state index contributed by atoms with van der Waals surface area (Å²) in [7, 11) is 0. The number of para-hydroxylation sites is 1. The summed E-state index contributed by atoms with van der Waals surface area (Å²) in [5, 5.41) is 4.74. The number of hydrogen-bond donors (Lipinski definition) is 1. The zero-order valence-corrected chi connectivity index (χ0v) is 11.1. The minimum atomic E-state index is 0.748. The molecular formula is C16H20N2O. The normalized spacial score (nSPS) is 19.1. The number of rotatable bonds is 5. The Morgan fingerprint density at radius 2 is 2.21 bits per heavy atom. The maximum atomic E-state index is 5.39. The predicted octanol–water partition coefficient (Wildman–Crippen LogP) is 2.75. The Morgan fingerprint density at radius 1 is 1.26 bits per heavy atom. The molecule has 3 rings (SSSR count). The quantitative estimate of drug-likeness (QED) is 0.835. The van der Waals surface area contributed by atoms with E-state index in [-0.39, 0.29) is 0 Å². The molecule has 0 bridgehead atoms. The van der Waals surface area contributed by atoms with Crippen LogP contribution in [0.3, 0.4) is 0 Å². The molecule has 1 atom stereocenters. The Morgan fingerprint density at radius 3 is 3.11 bits per heavy atom. The number of pyridine rings is 1. The summed E-state index contributed by atoms with van der Waals surface area (Å²) in [6, 6.07) is 10.5. The Kier molecular flexibility index (Phi) is 4.06. The molecule has 2 heterocycles. The van der Waals surface area contributed by atoms with Crippen LogP contribution in [0.25, 0.3) is 10.9 Å². The zero-order valence-electron chi connectivity index (χ0n) is 11.1. The van der Waals surface area contributed by atoms with Crippen molar-refractivity contribution in [2.24, 2.45) is 5.92 Å². The highest BCUT2D eigenvalue weighted by Crippen LogP contribution is 2.17. The van der Waals surface area contributed by atoms with Crippen LogP contribution in [-0.4, -0.2) is 24.7 Å². The van der Waals surface area contributed by atoms with Crippen LogP contribution in [0.15, 0.2) is 36.5 Å². The van der Waals surface area contributed by atoms with Crippen molar-refractivity contribution in [2.75, 3.05) is 19.8 Å². The van der Waals surface area contributed by atoms with Crippen molar-refractivity contribution < 1.29 is 4.74 Å². The minimum absolute atomic E-state index is 0.748. The summed E-state index contributed by atoms with van der Waals surface area (Å²) < 4.78 is 5.39. The van der Waals surface area contributed by atoms with Gasteiger partial charge in [-0.3, -0.25) is 4.98 Å². The second kappa shape index (κ2) is 6.13. The molecule has 1 fully saturated rings. The van der Waals surface area contributed by atoms with Gasteiger partial charge in [0, 0.05) is 31.3 Å². The lowest BCUT2D eigenvalue weighted by Crippen LogP contribution is -2.18. The van der Waals surface area contributed by atoms with Crippen LogP contribution >= 0.6 is 0 Å². The van der Waals surface area contributed by atoms with Crippen molar-refractivity contribution in [2.45, 2.75) is 19.4 Å². The number of fused-ring (bicyclic) bond motifs is 1. The van der Waals surface area contributed by atoms with Gasteiger partial charge < -0.3 is 10.1 Å². The largest absolute Gasteiger partial charge is 0.381 e. The summed E-state index contributed by atoms with van der Waals surface area (Å²) in [6.45, 7) is 3.83. The summed E-state index contributed by atoms with van der Waals surface area (Å²) >= 11 is 0. The van der Waals surface area contributed by atoms with Gasteiger partial charge in [0.2, 0.25) is 0 Å². The molecular weight excluding hydrogens is 236 g/mol. The highest BCUT2D eigenvalue weighted by molar-refractivity contribution is 5.81. The third-order valence-corrected chi connectivity index (χ3v) is 3.79. The first-order chi connectivity index (χ1) is 9.43. The molecule has 1 aliphatic rings. The predicted molar refractivity (Wildman–Crippen MR) is 77.0 cm³/mol. The van der Waals surface area contributed by atoms with Crippen LogP contribution in [0.1, 0.15) is 18.4 Å². The SMILES string of the molecule is c1cnc2c(CNCCC3CCOC3)cccc2c1. The number of aromatic nitrogens is 1. The lowest BCUT2D eigenvalue weighted by molar-refractivity contribution is 0.184. The van der Waals surface area contributed by atoms with E-state index in [1.807, 2.05) is 12.3 Å². The Hall–Kier alpha value is -1.45. The lowest BCUT2D eigenvalue weighted by Gasteiger charge is -2.10. The van der Waals surface area contributed by atoms with E-state index in [1.165, 1.54) is 23.8 Å². The molecule has 0 radical (unpaired) electrons. The van der Waals surface area contributed by atoms with E-state index in [0.29, 0.717) is 0 Å². The summed E-state index contributed by atoms with van der Waals surface area (Å²) in [5.74, 6) is 0.748. The van der Waals surface area contributed by atoms with Gasteiger partial charge in [-0.25, -0.2) is 0 Å². The van der Waals surface area contributed by atoms with Gasteiger partial charge in [-0.15, -0.1) is 0 Å². The summed E-state index contributed by atoms with van der Waals surface area (Å²) in [6.07, 6.45) is 4.29. The average Bonchev–Trinajstić information content (AvgIpc) is 2.97. The second-order valence-corrected chi connectivity index (χ2v) is 5.19. The maximum absolute atomic E-state index is 5.39. The fraction of sp³-hybridized carbons (Fsp3) is 0.438. The summed E-state index contributed by atoms with van der Waals surface area (Å²) in [5.41, 5.74) is 2.39. The van der Waals surface area contributed by atoms with Crippen molar-refractivity contribution in [1.29, 1.82) is 0 Å². The van der Waals surface area contributed by atoms with Crippen LogP contribution < -0.4 is 5.32 Å². The van der Waals surface area contributed by atoms with Gasteiger partial charge >= 0.3 is 0 Å². The van der Waals surface area contributed by atoms with Crippen molar-refractivity contribution in [1.82, 2.24) is 10.3 Å². The molecule has 0 spiro atoms.